The van der Waals surface area contributed by atoms with Crippen molar-refractivity contribution in [1.29, 1.82) is 5.26 Å². The molecule has 28 heavy (non-hydrogen) atoms. The van der Waals surface area contributed by atoms with Gasteiger partial charge in [-0.15, -0.1) is 0 Å². The quantitative estimate of drug-likeness (QED) is 0.318. The maximum atomic E-state index is 12.4. The molecule has 0 unspecified atom stereocenters. The van der Waals surface area contributed by atoms with E-state index in [1.54, 1.807) is 6.07 Å². The van der Waals surface area contributed by atoms with Crippen LogP contribution in [0.4, 0.5) is 11.4 Å². The Hall–Kier alpha value is -3.28. The molecule has 0 heterocycles. The predicted octanol–water partition coefficient (Wildman–Crippen LogP) is 4.46. The van der Waals surface area contributed by atoms with Crippen molar-refractivity contribution in [2.75, 3.05) is 19.5 Å². The highest BCUT2D eigenvalue weighted by molar-refractivity contribution is 6.37. The van der Waals surface area contributed by atoms with Gasteiger partial charge in [0, 0.05) is 0 Å². The summed E-state index contributed by atoms with van der Waals surface area (Å²) in [6.07, 6.45) is 1.25. The topological polar surface area (TPSA) is 114 Å². The molecular formula is C18H13Cl2N3O5. The van der Waals surface area contributed by atoms with Crippen molar-refractivity contribution >= 4 is 46.6 Å². The number of carbonyl (C=O) groups excluding carboxylic acids is 1. The van der Waals surface area contributed by atoms with E-state index in [9.17, 15) is 20.2 Å². The number of benzene rings is 2. The number of hydrogen-bond acceptors (Lipinski definition) is 6. The van der Waals surface area contributed by atoms with Crippen LogP contribution < -0.4 is 14.8 Å². The van der Waals surface area contributed by atoms with Crippen LogP contribution in [-0.4, -0.2) is 25.1 Å². The SMILES string of the molecule is COc1ccc(NC(=O)/C(C#N)=C/c2cc(Cl)c(OC)c(Cl)c2)c([N+](=O)[O-])c1. The minimum Gasteiger partial charge on any atom is -0.496 e. The van der Waals surface area contributed by atoms with Gasteiger partial charge in [0.25, 0.3) is 11.6 Å². The summed E-state index contributed by atoms with van der Waals surface area (Å²) in [5.74, 6) is -0.320. The number of amides is 1. The van der Waals surface area contributed by atoms with Gasteiger partial charge in [-0.2, -0.15) is 5.26 Å². The number of rotatable bonds is 6. The van der Waals surface area contributed by atoms with Gasteiger partial charge < -0.3 is 14.8 Å². The van der Waals surface area contributed by atoms with E-state index in [1.165, 1.54) is 44.6 Å². The van der Waals surface area contributed by atoms with E-state index in [1.807, 2.05) is 0 Å². The van der Waals surface area contributed by atoms with Gasteiger partial charge in [-0.1, -0.05) is 23.2 Å². The molecular weight excluding hydrogens is 409 g/mol. The van der Waals surface area contributed by atoms with Crippen molar-refractivity contribution < 1.29 is 19.2 Å². The lowest BCUT2D eigenvalue weighted by molar-refractivity contribution is -0.384. The molecule has 0 spiro atoms. The van der Waals surface area contributed by atoms with Crippen LogP contribution in [0.5, 0.6) is 11.5 Å². The van der Waals surface area contributed by atoms with E-state index in [2.05, 4.69) is 5.32 Å². The van der Waals surface area contributed by atoms with E-state index in [0.717, 1.165) is 6.07 Å². The number of nitriles is 1. The first kappa shape index (κ1) is 21.0. The first-order valence-electron chi connectivity index (χ1n) is 7.59. The highest BCUT2D eigenvalue weighted by Gasteiger charge is 2.19. The van der Waals surface area contributed by atoms with Gasteiger partial charge in [-0.25, -0.2) is 0 Å². The molecule has 0 aliphatic carbocycles. The van der Waals surface area contributed by atoms with E-state index in [-0.39, 0.29) is 38.5 Å². The minimum absolute atomic E-state index is 0.0808. The molecule has 1 N–H and O–H groups in total. The van der Waals surface area contributed by atoms with Crippen molar-refractivity contribution in [3.05, 3.63) is 61.6 Å². The summed E-state index contributed by atoms with van der Waals surface area (Å²) < 4.78 is 9.98. The number of nitrogens with zero attached hydrogens (tertiary/aromatic N) is 2. The zero-order valence-electron chi connectivity index (χ0n) is 14.7. The molecule has 0 saturated heterocycles. The summed E-state index contributed by atoms with van der Waals surface area (Å²) in [4.78, 5) is 23.0. The Labute approximate surface area is 170 Å². The maximum Gasteiger partial charge on any atom is 0.296 e. The Morgan fingerprint density at radius 1 is 1.21 bits per heavy atom. The van der Waals surface area contributed by atoms with Gasteiger partial charge in [0.15, 0.2) is 5.75 Å². The average Bonchev–Trinajstić information content (AvgIpc) is 2.65. The van der Waals surface area contributed by atoms with Crippen molar-refractivity contribution in [2.24, 2.45) is 0 Å². The van der Waals surface area contributed by atoms with Crippen LogP contribution in [0.1, 0.15) is 5.56 Å². The van der Waals surface area contributed by atoms with Crippen LogP contribution in [0.15, 0.2) is 35.9 Å². The number of anilines is 1. The fourth-order valence-corrected chi connectivity index (χ4v) is 2.92. The van der Waals surface area contributed by atoms with Crippen molar-refractivity contribution in [2.45, 2.75) is 0 Å². The lowest BCUT2D eigenvalue weighted by Gasteiger charge is -2.08. The molecule has 1 amide bonds. The molecule has 0 radical (unpaired) electrons. The second kappa shape index (κ2) is 9.08. The molecule has 0 fully saturated rings. The van der Waals surface area contributed by atoms with Crippen LogP contribution in [0.3, 0.4) is 0 Å². The third-order valence-electron chi connectivity index (χ3n) is 3.55. The van der Waals surface area contributed by atoms with Gasteiger partial charge in [0.2, 0.25) is 0 Å². The first-order valence-corrected chi connectivity index (χ1v) is 8.35. The molecule has 0 bridgehead atoms. The number of hydrogen-bond donors (Lipinski definition) is 1. The maximum absolute atomic E-state index is 12.4. The van der Waals surface area contributed by atoms with E-state index < -0.39 is 10.8 Å². The summed E-state index contributed by atoms with van der Waals surface area (Å²) in [5, 5.41) is 23.3. The van der Waals surface area contributed by atoms with Crippen LogP contribution >= 0.6 is 23.2 Å². The Morgan fingerprint density at radius 3 is 2.36 bits per heavy atom. The average molecular weight is 422 g/mol. The number of methoxy groups -OCH3 is 2. The standard InChI is InChI=1S/C18H13Cl2N3O5/c1-27-12-3-4-15(16(8-12)23(25)26)22-18(24)11(9-21)5-10-6-13(19)17(28-2)14(20)7-10/h3-8H,1-2H3,(H,22,24)/b11-5+. The summed E-state index contributed by atoms with van der Waals surface area (Å²) in [6, 6.07) is 8.59. The molecule has 2 aromatic carbocycles. The monoisotopic (exact) mass is 421 g/mol. The zero-order chi connectivity index (χ0) is 20.8. The summed E-state index contributed by atoms with van der Waals surface area (Å²) in [6.45, 7) is 0. The van der Waals surface area contributed by atoms with E-state index >= 15 is 0 Å². The minimum atomic E-state index is -0.834. The lowest BCUT2D eigenvalue weighted by atomic mass is 10.1. The molecule has 2 aromatic rings. The molecule has 144 valence electrons. The number of halogens is 2. The fourth-order valence-electron chi connectivity index (χ4n) is 2.26. The highest BCUT2D eigenvalue weighted by atomic mass is 35.5. The van der Waals surface area contributed by atoms with Gasteiger partial charge in [0.1, 0.15) is 23.1 Å². The van der Waals surface area contributed by atoms with Gasteiger partial charge >= 0.3 is 0 Å². The molecule has 8 nitrogen and oxygen atoms in total. The van der Waals surface area contributed by atoms with Gasteiger partial charge in [-0.05, 0) is 35.9 Å². The third kappa shape index (κ3) is 4.71. The number of nitro benzene ring substituents is 1. The molecule has 2 rings (SSSR count). The van der Waals surface area contributed by atoms with Crippen molar-refractivity contribution in [1.82, 2.24) is 0 Å². The third-order valence-corrected chi connectivity index (χ3v) is 4.11. The summed E-state index contributed by atoms with van der Waals surface area (Å²) in [5.41, 5.74) is -0.377. The molecule has 10 heteroatoms. The second-order valence-electron chi connectivity index (χ2n) is 5.28. The number of nitrogens with one attached hydrogen (secondary N) is 1. The van der Waals surface area contributed by atoms with Gasteiger partial charge in [-0.3, -0.25) is 14.9 Å². The summed E-state index contributed by atoms with van der Waals surface area (Å²) in [7, 11) is 2.76. The lowest BCUT2D eigenvalue weighted by Crippen LogP contribution is -2.14. The van der Waals surface area contributed by atoms with Crippen molar-refractivity contribution in [3.8, 4) is 17.6 Å². The fraction of sp³-hybridized carbons (Fsp3) is 0.111. The summed E-state index contributed by atoms with van der Waals surface area (Å²) >= 11 is 12.1. The molecule has 0 aromatic heterocycles. The Morgan fingerprint density at radius 2 is 1.86 bits per heavy atom. The number of nitro groups is 1. The molecule has 0 aliphatic heterocycles. The largest absolute Gasteiger partial charge is 0.496 e. The predicted molar refractivity (Wildman–Crippen MR) is 105 cm³/mol. The molecule has 0 saturated carbocycles. The first-order chi connectivity index (χ1) is 13.3. The Bertz CT molecular complexity index is 992. The number of ether oxygens (including phenoxy) is 2. The Kier molecular flexibility index (Phi) is 6.82. The number of carbonyl (C=O) groups is 1. The highest BCUT2D eigenvalue weighted by Crippen LogP contribution is 2.34. The van der Waals surface area contributed by atoms with E-state index in [0.29, 0.717) is 5.56 Å². The van der Waals surface area contributed by atoms with Gasteiger partial charge in [0.05, 0.1) is 35.3 Å². The van der Waals surface area contributed by atoms with Crippen LogP contribution in [0.2, 0.25) is 10.0 Å². The normalized spacial score (nSPS) is 10.8. The van der Waals surface area contributed by atoms with Crippen LogP contribution in [0.25, 0.3) is 6.08 Å². The van der Waals surface area contributed by atoms with E-state index in [4.69, 9.17) is 32.7 Å². The van der Waals surface area contributed by atoms with Crippen LogP contribution in [-0.2, 0) is 4.79 Å². The molecule has 0 aliphatic rings. The Balaban J connectivity index is 2.36. The second-order valence-corrected chi connectivity index (χ2v) is 6.10. The van der Waals surface area contributed by atoms with Crippen molar-refractivity contribution in [3.63, 3.8) is 0 Å². The smallest absolute Gasteiger partial charge is 0.296 e. The van der Waals surface area contributed by atoms with Crippen LogP contribution in [0, 0.1) is 21.4 Å². The molecule has 0 atom stereocenters. The zero-order valence-corrected chi connectivity index (χ0v) is 16.2.